The average molecular weight is 335 g/mol. The lowest BCUT2D eigenvalue weighted by Gasteiger charge is -2.10. The number of nitrogens with zero attached hydrogens (tertiary/aromatic N) is 3. The van der Waals surface area contributed by atoms with Crippen molar-refractivity contribution in [2.75, 3.05) is 16.9 Å². The van der Waals surface area contributed by atoms with Gasteiger partial charge in [-0.2, -0.15) is 9.77 Å². The number of nitrogens with one attached hydrogen (secondary N) is 1. The van der Waals surface area contributed by atoms with Crippen molar-refractivity contribution < 1.29 is 9.53 Å². The van der Waals surface area contributed by atoms with E-state index in [1.165, 1.54) is 0 Å². The summed E-state index contributed by atoms with van der Waals surface area (Å²) in [6, 6.07) is 7.06. The van der Waals surface area contributed by atoms with E-state index in [9.17, 15) is 9.59 Å². The Morgan fingerprint density at radius 1 is 1.39 bits per heavy atom. The predicted octanol–water partition coefficient (Wildman–Crippen LogP) is 0.870. The second-order valence-electron chi connectivity index (χ2n) is 4.86. The fourth-order valence-electron chi connectivity index (χ4n) is 1.65. The molecule has 1 heterocycles. The second-order valence-corrected chi connectivity index (χ2v) is 5.81. The first-order valence-corrected chi connectivity index (χ1v) is 7.83. The van der Waals surface area contributed by atoms with Crippen LogP contribution in [0.1, 0.15) is 13.8 Å². The first kappa shape index (κ1) is 16.8. The molecular formula is C14H17N5O3S. The van der Waals surface area contributed by atoms with Crippen molar-refractivity contribution in [1.82, 2.24) is 14.9 Å². The van der Waals surface area contributed by atoms with E-state index in [0.29, 0.717) is 5.69 Å². The molecule has 0 spiro atoms. The molecule has 9 heteroatoms. The van der Waals surface area contributed by atoms with Gasteiger partial charge < -0.3 is 15.9 Å². The van der Waals surface area contributed by atoms with E-state index in [-0.39, 0.29) is 22.9 Å². The van der Waals surface area contributed by atoms with Gasteiger partial charge in [0.15, 0.2) is 0 Å². The van der Waals surface area contributed by atoms with E-state index in [1.54, 1.807) is 24.3 Å². The summed E-state index contributed by atoms with van der Waals surface area (Å²) in [5.41, 5.74) is 0.166. The number of thioether (sulfide) groups is 1. The monoisotopic (exact) mass is 335 g/mol. The number of benzene rings is 1. The maximum Gasteiger partial charge on any atom is 0.291 e. The molecule has 0 aliphatic heterocycles. The van der Waals surface area contributed by atoms with Crippen molar-refractivity contribution >= 4 is 23.4 Å². The van der Waals surface area contributed by atoms with Gasteiger partial charge in [0.1, 0.15) is 11.9 Å². The van der Waals surface area contributed by atoms with E-state index < -0.39 is 5.56 Å². The summed E-state index contributed by atoms with van der Waals surface area (Å²) in [6.07, 6.45) is 1.10. The minimum absolute atomic E-state index is 0.0551. The van der Waals surface area contributed by atoms with Gasteiger partial charge >= 0.3 is 0 Å². The van der Waals surface area contributed by atoms with E-state index in [2.05, 4.69) is 15.5 Å². The molecule has 0 saturated heterocycles. The Hall–Kier alpha value is -2.55. The highest BCUT2D eigenvalue weighted by Crippen LogP contribution is 2.17. The first-order chi connectivity index (χ1) is 11.0. The first-order valence-electron chi connectivity index (χ1n) is 6.85. The van der Waals surface area contributed by atoms with Gasteiger partial charge in [0.2, 0.25) is 11.1 Å². The zero-order chi connectivity index (χ0) is 16.8. The number of aromatic nitrogens is 3. The molecule has 1 amide bonds. The van der Waals surface area contributed by atoms with Crippen molar-refractivity contribution in [3.05, 3.63) is 40.8 Å². The summed E-state index contributed by atoms with van der Waals surface area (Å²) in [4.78, 5) is 23.2. The average Bonchev–Trinajstić information content (AvgIpc) is 2.50. The molecule has 3 N–H and O–H groups in total. The summed E-state index contributed by atoms with van der Waals surface area (Å²) >= 11 is 1.03. The smallest absolute Gasteiger partial charge is 0.291 e. The maximum absolute atomic E-state index is 11.9. The van der Waals surface area contributed by atoms with Gasteiger partial charge in [0, 0.05) is 5.69 Å². The predicted molar refractivity (Wildman–Crippen MR) is 88.0 cm³/mol. The van der Waals surface area contributed by atoms with Gasteiger partial charge in [-0.3, -0.25) is 9.59 Å². The number of anilines is 1. The summed E-state index contributed by atoms with van der Waals surface area (Å²) < 4.78 is 6.38. The van der Waals surface area contributed by atoms with Crippen molar-refractivity contribution in [2.24, 2.45) is 0 Å². The van der Waals surface area contributed by atoms with Crippen LogP contribution in [0.2, 0.25) is 0 Å². The van der Waals surface area contributed by atoms with Crippen LogP contribution in [0.4, 0.5) is 5.69 Å². The van der Waals surface area contributed by atoms with Crippen LogP contribution in [-0.4, -0.2) is 32.6 Å². The zero-order valence-corrected chi connectivity index (χ0v) is 13.5. The standard InChI is InChI=1S/C14H17N5O3S/c1-9(2)22-11-5-3-10(4-6-11)17-12(20)8-23-14-18-16-7-13(21)19(14)15/h3-7,9H,8,15H2,1-2H3,(H,17,20). The van der Waals surface area contributed by atoms with Crippen molar-refractivity contribution in [2.45, 2.75) is 25.1 Å². The molecule has 0 aliphatic rings. The van der Waals surface area contributed by atoms with Gasteiger partial charge in [-0.1, -0.05) is 11.8 Å². The third-order valence-electron chi connectivity index (χ3n) is 2.60. The normalized spacial score (nSPS) is 10.6. The number of nitrogens with two attached hydrogens (primary N) is 1. The van der Waals surface area contributed by atoms with Crippen LogP contribution in [0.3, 0.4) is 0 Å². The Morgan fingerprint density at radius 3 is 2.74 bits per heavy atom. The molecule has 0 atom stereocenters. The highest BCUT2D eigenvalue weighted by molar-refractivity contribution is 7.99. The number of rotatable bonds is 6. The highest BCUT2D eigenvalue weighted by atomic mass is 32.2. The zero-order valence-electron chi connectivity index (χ0n) is 12.7. The molecule has 1 aromatic heterocycles. The number of carbonyl (C=O) groups excluding carboxylic acids is 1. The number of ether oxygens (including phenoxy) is 1. The number of nitrogen functional groups attached to an aromatic ring is 1. The van der Waals surface area contributed by atoms with Crippen molar-refractivity contribution in [1.29, 1.82) is 0 Å². The minimum Gasteiger partial charge on any atom is -0.491 e. The van der Waals surface area contributed by atoms with Crippen LogP contribution in [0, 0.1) is 0 Å². The fraction of sp³-hybridized carbons (Fsp3) is 0.286. The number of hydrogen-bond donors (Lipinski definition) is 2. The summed E-state index contributed by atoms with van der Waals surface area (Å²) in [5, 5.41) is 10.1. The second kappa shape index (κ2) is 7.63. The summed E-state index contributed by atoms with van der Waals surface area (Å²) in [5.74, 6) is 6.06. The van der Waals surface area contributed by atoms with Gasteiger partial charge in [0.25, 0.3) is 5.56 Å². The van der Waals surface area contributed by atoms with E-state index in [0.717, 1.165) is 28.4 Å². The minimum atomic E-state index is -0.483. The van der Waals surface area contributed by atoms with Crippen LogP contribution in [0.25, 0.3) is 0 Å². The van der Waals surface area contributed by atoms with Gasteiger partial charge in [0.05, 0.1) is 11.9 Å². The van der Waals surface area contributed by atoms with E-state index in [1.807, 2.05) is 13.8 Å². The Morgan fingerprint density at radius 2 is 2.09 bits per heavy atom. The molecule has 1 aromatic carbocycles. The lowest BCUT2D eigenvalue weighted by atomic mass is 10.3. The SMILES string of the molecule is CC(C)Oc1ccc(NC(=O)CSc2nncc(=O)n2N)cc1. The molecule has 0 aliphatic carbocycles. The lowest BCUT2D eigenvalue weighted by Crippen LogP contribution is -2.30. The van der Waals surface area contributed by atoms with Gasteiger partial charge in [-0.15, -0.1) is 5.10 Å². The third-order valence-corrected chi connectivity index (χ3v) is 3.54. The molecule has 2 rings (SSSR count). The molecule has 0 fully saturated rings. The molecule has 0 saturated carbocycles. The summed E-state index contributed by atoms with van der Waals surface area (Å²) in [7, 11) is 0. The van der Waals surface area contributed by atoms with Crippen LogP contribution >= 0.6 is 11.8 Å². The molecule has 8 nitrogen and oxygen atoms in total. The van der Waals surface area contributed by atoms with Crippen LogP contribution in [-0.2, 0) is 4.79 Å². The van der Waals surface area contributed by atoms with Crippen molar-refractivity contribution in [3.63, 3.8) is 0 Å². The summed E-state index contributed by atoms with van der Waals surface area (Å²) in [6.45, 7) is 3.88. The van der Waals surface area contributed by atoms with Crippen LogP contribution in [0.15, 0.2) is 40.4 Å². The number of carbonyl (C=O) groups is 1. The van der Waals surface area contributed by atoms with Gasteiger partial charge in [-0.25, -0.2) is 0 Å². The Kier molecular flexibility index (Phi) is 5.58. The molecule has 0 bridgehead atoms. The molecule has 0 unspecified atom stereocenters. The van der Waals surface area contributed by atoms with Crippen molar-refractivity contribution in [3.8, 4) is 5.75 Å². The molecule has 2 aromatic rings. The van der Waals surface area contributed by atoms with Crippen LogP contribution < -0.4 is 21.5 Å². The van der Waals surface area contributed by atoms with Crippen LogP contribution in [0.5, 0.6) is 5.75 Å². The number of hydrogen-bond acceptors (Lipinski definition) is 7. The largest absolute Gasteiger partial charge is 0.491 e. The highest BCUT2D eigenvalue weighted by Gasteiger charge is 2.08. The Labute approximate surface area is 137 Å². The molecule has 122 valence electrons. The van der Waals surface area contributed by atoms with Gasteiger partial charge in [-0.05, 0) is 38.1 Å². The maximum atomic E-state index is 11.9. The van der Waals surface area contributed by atoms with E-state index >= 15 is 0 Å². The Bertz CT molecular complexity index is 730. The third kappa shape index (κ3) is 4.99. The molecular weight excluding hydrogens is 318 g/mol. The quantitative estimate of drug-likeness (QED) is 0.595. The molecule has 23 heavy (non-hydrogen) atoms. The topological polar surface area (TPSA) is 112 Å². The number of amides is 1. The molecule has 0 radical (unpaired) electrons. The fourth-order valence-corrected chi connectivity index (χ4v) is 2.31. The lowest BCUT2D eigenvalue weighted by molar-refractivity contribution is -0.113. The van der Waals surface area contributed by atoms with E-state index in [4.69, 9.17) is 10.6 Å². The Balaban J connectivity index is 1.89.